The van der Waals surface area contributed by atoms with E-state index in [-0.39, 0.29) is 5.38 Å². The topological polar surface area (TPSA) is 0 Å². The largest absolute Gasteiger partial charge is 0.204 e. The highest BCUT2D eigenvalue weighted by Crippen LogP contribution is 2.32. The summed E-state index contributed by atoms with van der Waals surface area (Å²) in [5.41, 5.74) is 1.15. The monoisotopic (exact) mass is 214 g/mol. The van der Waals surface area contributed by atoms with Crippen molar-refractivity contribution >= 4 is 17.2 Å². The Morgan fingerprint density at radius 3 is 2.71 bits per heavy atom. The van der Waals surface area contributed by atoms with Gasteiger partial charge in [-0.05, 0) is 24.5 Å². The molecule has 0 N–H and O–H groups in total. The van der Waals surface area contributed by atoms with Crippen LogP contribution in [-0.2, 0) is 0 Å². The third kappa shape index (κ3) is 1.67. The fraction of sp³-hybridized carbons (Fsp3) is 0.273. The van der Waals surface area contributed by atoms with E-state index in [9.17, 15) is 8.78 Å². The van der Waals surface area contributed by atoms with Crippen LogP contribution >= 0.6 is 11.6 Å². The maximum Gasteiger partial charge on any atom is 0.166 e. The van der Waals surface area contributed by atoms with Gasteiger partial charge in [0.2, 0.25) is 0 Å². The van der Waals surface area contributed by atoms with Gasteiger partial charge in [-0.2, -0.15) is 0 Å². The van der Waals surface area contributed by atoms with Gasteiger partial charge in [-0.3, -0.25) is 0 Å². The third-order valence-corrected chi connectivity index (χ3v) is 2.71. The molecular weight excluding hydrogens is 206 g/mol. The minimum absolute atomic E-state index is 0.0485. The lowest BCUT2D eigenvalue weighted by atomic mass is 10.0. The molecule has 0 nitrogen and oxygen atoms in total. The van der Waals surface area contributed by atoms with Crippen molar-refractivity contribution in [1.29, 1.82) is 0 Å². The second-order valence-electron chi connectivity index (χ2n) is 3.35. The molecule has 2 rings (SSSR count). The third-order valence-electron chi connectivity index (χ3n) is 2.37. The molecule has 1 atom stereocenters. The molecule has 0 amide bonds. The molecule has 1 aliphatic rings. The molecule has 0 radical (unpaired) electrons. The summed E-state index contributed by atoms with van der Waals surface area (Å²) in [6, 6.07) is 4.21. The Morgan fingerprint density at radius 1 is 1.29 bits per heavy atom. The predicted octanol–water partition coefficient (Wildman–Crippen LogP) is 3.75. The Balaban J connectivity index is 2.42. The Labute approximate surface area is 86.2 Å². The Kier molecular flexibility index (Phi) is 2.55. The van der Waals surface area contributed by atoms with Crippen molar-refractivity contribution in [3.8, 4) is 0 Å². The second kappa shape index (κ2) is 3.70. The van der Waals surface area contributed by atoms with Gasteiger partial charge in [-0.25, -0.2) is 8.78 Å². The lowest BCUT2D eigenvalue weighted by molar-refractivity contribution is 0.506. The van der Waals surface area contributed by atoms with E-state index in [1.807, 2.05) is 0 Å². The molecule has 0 saturated heterocycles. The highest BCUT2D eigenvalue weighted by Gasteiger charge is 2.18. The molecular formula is C11H9ClF2. The normalized spacial score (nSPS) is 21.1. The fourth-order valence-electron chi connectivity index (χ4n) is 1.65. The van der Waals surface area contributed by atoms with Gasteiger partial charge in [-0.15, -0.1) is 11.6 Å². The van der Waals surface area contributed by atoms with Crippen molar-refractivity contribution < 1.29 is 8.78 Å². The van der Waals surface area contributed by atoms with E-state index in [1.165, 1.54) is 6.07 Å². The maximum atomic E-state index is 13.3. The van der Waals surface area contributed by atoms with Crippen molar-refractivity contribution in [2.45, 2.75) is 18.2 Å². The van der Waals surface area contributed by atoms with Gasteiger partial charge >= 0.3 is 0 Å². The zero-order valence-corrected chi connectivity index (χ0v) is 8.19. The van der Waals surface area contributed by atoms with Crippen LogP contribution in [0.2, 0.25) is 0 Å². The first kappa shape index (κ1) is 9.66. The van der Waals surface area contributed by atoms with E-state index in [1.54, 1.807) is 12.1 Å². The van der Waals surface area contributed by atoms with Crippen molar-refractivity contribution in [3.63, 3.8) is 0 Å². The summed E-state index contributed by atoms with van der Waals surface area (Å²) in [6.45, 7) is 0. The van der Waals surface area contributed by atoms with E-state index in [0.717, 1.165) is 18.1 Å². The van der Waals surface area contributed by atoms with E-state index in [0.29, 0.717) is 12.0 Å². The van der Waals surface area contributed by atoms with Crippen LogP contribution in [0.4, 0.5) is 8.78 Å². The molecule has 14 heavy (non-hydrogen) atoms. The summed E-state index contributed by atoms with van der Waals surface area (Å²) in [4.78, 5) is 0. The van der Waals surface area contributed by atoms with Gasteiger partial charge in [0, 0.05) is 5.56 Å². The number of hydrogen-bond donors (Lipinski definition) is 0. The Hall–Kier alpha value is -0.890. The molecule has 0 aromatic heterocycles. The first-order valence-electron chi connectivity index (χ1n) is 4.47. The number of alkyl halides is 1. The summed E-state index contributed by atoms with van der Waals surface area (Å²) in [5, 5.41) is -0.0485. The molecule has 0 aliphatic heterocycles. The van der Waals surface area contributed by atoms with Crippen LogP contribution in [0.5, 0.6) is 0 Å². The van der Waals surface area contributed by atoms with Crippen molar-refractivity contribution in [2.75, 3.05) is 0 Å². The van der Waals surface area contributed by atoms with Crippen LogP contribution in [0.25, 0.3) is 5.57 Å². The van der Waals surface area contributed by atoms with E-state index in [4.69, 9.17) is 11.6 Å². The summed E-state index contributed by atoms with van der Waals surface area (Å²) in [6.07, 6.45) is 3.31. The van der Waals surface area contributed by atoms with Crippen LogP contribution in [0.3, 0.4) is 0 Å². The standard InChI is InChI=1S/C11H9ClF2/c12-8-5-4-7(6-8)9-2-1-3-10(13)11(9)14/h1-3,6,8H,4-5H2. The lowest BCUT2D eigenvalue weighted by Gasteiger charge is -2.03. The summed E-state index contributed by atoms with van der Waals surface area (Å²) in [7, 11) is 0. The second-order valence-corrected chi connectivity index (χ2v) is 3.91. The molecule has 1 aliphatic carbocycles. The van der Waals surface area contributed by atoms with Gasteiger partial charge in [0.25, 0.3) is 0 Å². The van der Waals surface area contributed by atoms with E-state index < -0.39 is 11.6 Å². The number of benzene rings is 1. The molecule has 1 unspecified atom stereocenters. The average Bonchev–Trinajstić information content (AvgIpc) is 2.57. The van der Waals surface area contributed by atoms with Crippen molar-refractivity contribution in [2.24, 2.45) is 0 Å². The van der Waals surface area contributed by atoms with Gasteiger partial charge in [0.1, 0.15) is 0 Å². The van der Waals surface area contributed by atoms with Crippen LogP contribution in [0.15, 0.2) is 24.3 Å². The quantitative estimate of drug-likeness (QED) is 0.625. The minimum Gasteiger partial charge on any atom is -0.204 e. The van der Waals surface area contributed by atoms with Gasteiger partial charge < -0.3 is 0 Å². The fourth-order valence-corrected chi connectivity index (χ4v) is 1.92. The Bertz CT molecular complexity index is 385. The lowest BCUT2D eigenvalue weighted by Crippen LogP contribution is -1.91. The smallest absolute Gasteiger partial charge is 0.166 e. The first-order chi connectivity index (χ1) is 6.68. The summed E-state index contributed by atoms with van der Waals surface area (Å²) < 4.78 is 26.2. The highest BCUT2D eigenvalue weighted by molar-refractivity contribution is 6.22. The predicted molar refractivity (Wildman–Crippen MR) is 53.2 cm³/mol. The first-order valence-corrected chi connectivity index (χ1v) is 4.91. The highest BCUT2D eigenvalue weighted by atomic mass is 35.5. The number of rotatable bonds is 1. The van der Waals surface area contributed by atoms with Gasteiger partial charge in [0.05, 0.1) is 5.38 Å². The number of allylic oxidation sites excluding steroid dienone is 2. The van der Waals surface area contributed by atoms with Crippen LogP contribution in [-0.4, -0.2) is 5.38 Å². The molecule has 0 fully saturated rings. The van der Waals surface area contributed by atoms with E-state index >= 15 is 0 Å². The molecule has 74 valence electrons. The van der Waals surface area contributed by atoms with Gasteiger partial charge in [-0.1, -0.05) is 18.2 Å². The minimum atomic E-state index is -0.804. The molecule has 0 spiro atoms. The van der Waals surface area contributed by atoms with E-state index in [2.05, 4.69) is 0 Å². The number of halogens is 3. The summed E-state index contributed by atoms with van der Waals surface area (Å²) in [5.74, 6) is -1.58. The molecule has 1 aromatic rings. The number of hydrogen-bond acceptors (Lipinski definition) is 0. The molecule has 1 aromatic carbocycles. The van der Waals surface area contributed by atoms with Gasteiger partial charge in [0.15, 0.2) is 11.6 Å². The van der Waals surface area contributed by atoms with Crippen molar-refractivity contribution in [3.05, 3.63) is 41.5 Å². The summed E-state index contributed by atoms with van der Waals surface area (Å²) >= 11 is 5.86. The Morgan fingerprint density at radius 2 is 2.07 bits per heavy atom. The zero-order chi connectivity index (χ0) is 10.1. The average molecular weight is 215 g/mol. The molecule has 0 bridgehead atoms. The van der Waals surface area contributed by atoms with Crippen LogP contribution < -0.4 is 0 Å². The van der Waals surface area contributed by atoms with Crippen LogP contribution in [0, 0.1) is 11.6 Å². The molecule has 0 heterocycles. The molecule has 3 heteroatoms. The van der Waals surface area contributed by atoms with Crippen LogP contribution in [0.1, 0.15) is 18.4 Å². The van der Waals surface area contributed by atoms with Crippen molar-refractivity contribution in [1.82, 2.24) is 0 Å². The zero-order valence-electron chi connectivity index (χ0n) is 7.43. The maximum absolute atomic E-state index is 13.3. The SMILES string of the molecule is Fc1cccc(C2=CC(Cl)CC2)c1F. The molecule has 0 saturated carbocycles.